The van der Waals surface area contributed by atoms with Gasteiger partial charge in [0.25, 0.3) is 0 Å². The van der Waals surface area contributed by atoms with Gasteiger partial charge in [0.05, 0.1) is 5.75 Å². The number of nitrogens with two attached hydrogens (primary N) is 1. The third-order valence-electron chi connectivity index (χ3n) is 1.97. The third-order valence-corrected chi connectivity index (χ3v) is 2.86. The molecule has 1 heterocycles. The van der Waals surface area contributed by atoms with Crippen LogP contribution in [0.25, 0.3) is 0 Å². The summed E-state index contributed by atoms with van der Waals surface area (Å²) in [6.45, 7) is 5.92. The number of hydrogen-bond acceptors (Lipinski definition) is 4. The Hall–Kier alpha value is -1.10. The molecule has 0 bridgehead atoms. The van der Waals surface area contributed by atoms with E-state index in [0.717, 1.165) is 17.0 Å². The Labute approximate surface area is 87.8 Å². The van der Waals surface area contributed by atoms with Gasteiger partial charge in [-0.3, -0.25) is 5.41 Å². The Kier molecular flexibility index (Phi) is 3.46. The zero-order chi connectivity index (χ0) is 10.7. The quantitative estimate of drug-likeness (QED) is 0.342. The first-order chi connectivity index (χ1) is 6.50. The molecule has 3 N–H and O–H groups in total. The maximum atomic E-state index is 7.09. The maximum absolute atomic E-state index is 7.09. The molecule has 0 aromatic carbocycles. The number of hydrogen-bond donors (Lipinski definition) is 2. The van der Waals surface area contributed by atoms with Crippen LogP contribution in [-0.4, -0.2) is 21.6 Å². The highest BCUT2D eigenvalue weighted by molar-refractivity contribution is 7.99. The lowest BCUT2D eigenvalue weighted by Crippen LogP contribution is -2.12. The zero-order valence-electron chi connectivity index (χ0n) is 8.59. The SMILES string of the molecule is Cc1nc(SCC(=N)N)nc(C)c1C. The van der Waals surface area contributed by atoms with Crippen molar-refractivity contribution in [1.29, 1.82) is 5.41 Å². The monoisotopic (exact) mass is 210 g/mol. The smallest absolute Gasteiger partial charge is 0.188 e. The summed E-state index contributed by atoms with van der Waals surface area (Å²) in [6.07, 6.45) is 0. The molecule has 0 aliphatic carbocycles. The first-order valence-electron chi connectivity index (χ1n) is 4.28. The molecule has 76 valence electrons. The van der Waals surface area contributed by atoms with Crippen LogP contribution in [0.15, 0.2) is 5.16 Å². The van der Waals surface area contributed by atoms with Crippen LogP contribution in [0.5, 0.6) is 0 Å². The number of nitrogens with one attached hydrogen (secondary N) is 1. The topological polar surface area (TPSA) is 75.7 Å². The fourth-order valence-corrected chi connectivity index (χ4v) is 1.64. The van der Waals surface area contributed by atoms with E-state index < -0.39 is 0 Å². The molecule has 0 aliphatic rings. The number of thioether (sulfide) groups is 1. The molecule has 0 saturated heterocycles. The second-order valence-corrected chi connectivity index (χ2v) is 4.06. The average molecular weight is 210 g/mol. The van der Waals surface area contributed by atoms with Crippen LogP contribution in [0.4, 0.5) is 0 Å². The van der Waals surface area contributed by atoms with Crippen molar-refractivity contribution in [3.05, 3.63) is 17.0 Å². The van der Waals surface area contributed by atoms with Gasteiger partial charge in [-0.1, -0.05) is 11.8 Å². The summed E-state index contributed by atoms with van der Waals surface area (Å²) in [7, 11) is 0. The lowest BCUT2D eigenvalue weighted by atomic mass is 10.2. The Balaban J connectivity index is 2.84. The number of aromatic nitrogens is 2. The summed E-state index contributed by atoms with van der Waals surface area (Å²) in [6, 6.07) is 0. The lowest BCUT2D eigenvalue weighted by Gasteiger charge is -2.05. The molecule has 0 atom stereocenters. The molecular weight excluding hydrogens is 196 g/mol. The van der Waals surface area contributed by atoms with Crippen molar-refractivity contribution < 1.29 is 0 Å². The van der Waals surface area contributed by atoms with Gasteiger partial charge in [-0.2, -0.15) is 0 Å². The number of amidine groups is 1. The first-order valence-corrected chi connectivity index (χ1v) is 5.27. The zero-order valence-corrected chi connectivity index (χ0v) is 9.40. The molecular formula is C9H14N4S. The normalized spacial score (nSPS) is 10.2. The minimum Gasteiger partial charge on any atom is -0.387 e. The summed E-state index contributed by atoms with van der Waals surface area (Å²) in [5.74, 6) is 0.594. The van der Waals surface area contributed by atoms with Crippen LogP contribution in [-0.2, 0) is 0 Å². The Morgan fingerprint density at radius 1 is 1.29 bits per heavy atom. The lowest BCUT2D eigenvalue weighted by molar-refractivity contribution is 0.882. The molecule has 0 aliphatic heterocycles. The van der Waals surface area contributed by atoms with Gasteiger partial charge < -0.3 is 5.73 Å². The van der Waals surface area contributed by atoms with Crippen molar-refractivity contribution in [3.8, 4) is 0 Å². The summed E-state index contributed by atoms with van der Waals surface area (Å²) >= 11 is 1.39. The van der Waals surface area contributed by atoms with Crippen LogP contribution in [0, 0.1) is 26.2 Å². The van der Waals surface area contributed by atoms with Crippen LogP contribution in [0.3, 0.4) is 0 Å². The van der Waals surface area contributed by atoms with Crippen molar-refractivity contribution >= 4 is 17.6 Å². The highest BCUT2D eigenvalue weighted by Gasteiger charge is 2.05. The molecule has 0 amide bonds. The highest BCUT2D eigenvalue weighted by Crippen LogP contribution is 2.16. The van der Waals surface area contributed by atoms with Gasteiger partial charge in [0.2, 0.25) is 0 Å². The van der Waals surface area contributed by atoms with E-state index in [1.807, 2.05) is 20.8 Å². The van der Waals surface area contributed by atoms with Gasteiger partial charge in [0.1, 0.15) is 5.84 Å². The van der Waals surface area contributed by atoms with Crippen molar-refractivity contribution in [3.63, 3.8) is 0 Å². The fourth-order valence-electron chi connectivity index (χ4n) is 0.948. The standard InChI is InChI=1S/C9H14N4S/c1-5-6(2)12-9(13-7(5)3)14-4-8(10)11/h4H2,1-3H3,(H3,10,11). The number of rotatable bonds is 3. The summed E-state index contributed by atoms with van der Waals surface area (Å²) in [5.41, 5.74) is 8.35. The Bertz CT molecular complexity index is 339. The number of nitrogens with zero attached hydrogens (tertiary/aromatic N) is 2. The van der Waals surface area contributed by atoms with Gasteiger partial charge in [-0.05, 0) is 26.3 Å². The van der Waals surface area contributed by atoms with E-state index in [1.54, 1.807) is 0 Å². The van der Waals surface area contributed by atoms with Crippen molar-refractivity contribution in [2.45, 2.75) is 25.9 Å². The molecule has 0 fully saturated rings. The van der Waals surface area contributed by atoms with Crippen molar-refractivity contribution in [1.82, 2.24) is 9.97 Å². The second kappa shape index (κ2) is 4.41. The molecule has 0 unspecified atom stereocenters. The minimum atomic E-state index is 0.148. The van der Waals surface area contributed by atoms with E-state index >= 15 is 0 Å². The minimum absolute atomic E-state index is 0.148. The van der Waals surface area contributed by atoms with E-state index in [4.69, 9.17) is 11.1 Å². The molecule has 4 nitrogen and oxygen atoms in total. The van der Waals surface area contributed by atoms with E-state index in [9.17, 15) is 0 Å². The number of aryl methyl sites for hydroxylation is 2. The Morgan fingerprint density at radius 3 is 2.21 bits per heavy atom. The molecule has 5 heteroatoms. The van der Waals surface area contributed by atoms with Gasteiger partial charge in [-0.15, -0.1) is 0 Å². The molecule has 1 aromatic rings. The van der Waals surface area contributed by atoms with Crippen molar-refractivity contribution in [2.24, 2.45) is 5.73 Å². The van der Waals surface area contributed by atoms with Crippen LogP contribution < -0.4 is 5.73 Å². The van der Waals surface area contributed by atoms with Gasteiger partial charge >= 0.3 is 0 Å². The van der Waals surface area contributed by atoms with Crippen LogP contribution >= 0.6 is 11.8 Å². The van der Waals surface area contributed by atoms with Crippen molar-refractivity contribution in [2.75, 3.05) is 5.75 Å². The van der Waals surface area contributed by atoms with Crippen LogP contribution in [0.1, 0.15) is 17.0 Å². The predicted molar refractivity (Wildman–Crippen MR) is 58.9 cm³/mol. The maximum Gasteiger partial charge on any atom is 0.188 e. The molecule has 0 radical (unpaired) electrons. The largest absolute Gasteiger partial charge is 0.387 e. The molecule has 1 rings (SSSR count). The van der Waals surface area contributed by atoms with Gasteiger partial charge in [0.15, 0.2) is 5.16 Å². The van der Waals surface area contributed by atoms with E-state index in [0.29, 0.717) is 10.9 Å². The summed E-state index contributed by atoms with van der Waals surface area (Å²) in [4.78, 5) is 8.61. The van der Waals surface area contributed by atoms with E-state index in [2.05, 4.69) is 9.97 Å². The predicted octanol–water partition coefficient (Wildman–Crippen LogP) is 1.43. The van der Waals surface area contributed by atoms with Gasteiger partial charge in [-0.25, -0.2) is 9.97 Å². The van der Waals surface area contributed by atoms with E-state index in [-0.39, 0.29) is 5.84 Å². The average Bonchev–Trinajstić information content (AvgIpc) is 2.10. The molecule has 0 saturated carbocycles. The Morgan fingerprint density at radius 2 is 1.79 bits per heavy atom. The molecule has 0 spiro atoms. The van der Waals surface area contributed by atoms with E-state index in [1.165, 1.54) is 11.8 Å². The third kappa shape index (κ3) is 2.70. The van der Waals surface area contributed by atoms with Gasteiger partial charge in [0, 0.05) is 11.4 Å². The second-order valence-electron chi connectivity index (χ2n) is 3.12. The molecule has 1 aromatic heterocycles. The highest BCUT2D eigenvalue weighted by atomic mass is 32.2. The first kappa shape index (κ1) is 11.0. The molecule has 14 heavy (non-hydrogen) atoms. The summed E-state index contributed by atoms with van der Waals surface area (Å²) in [5, 5.41) is 7.79. The van der Waals surface area contributed by atoms with Crippen LogP contribution in [0.2, 0.25) is 0 Å². The summed E-state index contributed by atoms with van der Waals surface area (Å²) < 4.78 is 0. The fraction of sp³-hybridized carbons (Fsp3) is 0.444.